The highest BCUT2D eigenvalue weighted by Gasteiger charge is 2.51. The Bertz CT molecular complexity index is 510. The van der Waals surface area contributed by atoms with E-state index in [1.165, 1.54) is 5.56 Å². The molecule has 0 radical (unpaired) electrons. The summed E-state index contributed by atoms with van der Waals surface area (Å²) in [5.74, 6) is -0.0633. The van der Waals surface area contributed by atoms with Gasteiger partial charge in [-0.15, -0.1) is 0 Å². The first-order valence-corrected chi connectivity index (χ1v) is 7.91. The van der Waals surface area contributed by atoms with E-state index >= 15 is 0 Å². The summed E-state index contributed by atoms with van der Waals surface area (Å²) in [5, 5.41) is 6.99. The quantitative estimate of drug-likeness (QED) is 0.925. The van der Waals surface area contributed by atoms with Crippen molar-refractivity contribution in [2.75, 3.05) is 6.54 Å². The molecule has 0 bridgehead atoms. The summed E-state index contributed by atoms with van der Waals surface area (Å²) in [5.41, 5.74) is -0.356. The molecule has 20 heavy (non-hydrogen) atoms. The zero-order valence-corrected chi connectivity index (χ0v) is 13.3. The minimum Gasteiger partial charge on any atom is -0.340 e. The molecule has 1 aliphatic heterocycles. The Hall–Kier alpha value is -1.36. The summed E-state index contributed by atoms with van der Waals surface area (Å²) in [4.78, 5) is 26.7. The Morgan fingerprint density at radius 1 is 1.30 bits per heavy atom. The van der Waals surface area contributed by atoms with Gasteiger partial charge in [0.25, 0.3) is 0 Å². The van der Waals surface area contributed by atoms with E-state index in [1.54, 1.807) is 23.2 Å². The Kier molecular flexibility index (Phi) is 3.91. The fourth-order valence-corrected chi connectivity index (χ4v) is 3.13. The van der Waals surface area contributed by atoms with Crippen molar-refractivity contribution in [2.24, 2.45) is 0 Å². The van der Waals surface area contributed by atoms with E-state index in [0.717, 1.165) is 6.42 Å². The molecule has 1 aliphatic rings. The summed E-state index contributed by atoms with van der Waals surface area (Å²) in [6.45, 7) is 7.92. The van der Waals surface area contributed by atoms with E-state index in [0.29, 0.717) is 13.0 Å². The molecule has 1 aromatic rings. The molecule has 1 unspecified atom stereocenters. The number of amides is 2. The van der Waals surface area contributed by atoms with Gasteiger partial charge < -0.3 is 10.2 Å². The van der Waals surface area contributed by atoms with Crippen molar-refractivity contribution in [3.63, 3.8) is 0 Å². The molecule has 0 spiro atoms. The third-order valence-electron chi connectivity index (χ3n) is 4.25. The summed E-state index contributed by atoms with van der Waals surface area (Å²) in [7, 11) is 0. The van der Waals surface area contributed by atoms with Gasteiger partial charge in [-0.2, -0.15) is 11.3 Å². The molecule has 0 saturated carbocycles. The molecule has 1 fully saturated rings. The van der Waals surface area contributed by atoms with Gasteiger partial charge in [0.05, 0.1) is 0 Å². The van der Waals surface area contributed by atoms with Crippen molar-refractivity contribution in [1.29, 1.82) is 0 Å². The van der Waals surface area contributed by atoms with E-state index in [-0.39, 0.29) is 11.8 Å². The maximum Gasteiger partial charge on any atom is 0.248 e. The van der Waals surface area contributed by atoms with E-state index in [4.69, 9.17) is 0 Å². The maximum absolute atomic E-state index is 12.7. The molecule has 1 saturated heterocycles. The summed E-state index contributed by atoms with van der Waals surface area (Å²) < 4.78 is 0. The Morgan fingerprint density at radius 2 is 2.00 bits per heavy atom. The number of nitrogens with one attached hydrogen (secondary N) is 1. The molecule has 1 atom stereocenters. The molecule has 2 amide bonds. The highest BCUT2D eigenvalue weighted by atomic mass is 32.1. The molecule has 4 nitrogen and oxygen atoms in total. The molecule has 2 rings (SSSR count). The van der Waals surface area contributed by atoms with Gasteiger partial charge in [-0.3, -0.25) is 9.59 Å². The average Bonchev–Trinajstić information content (AvgIpc) is 2.90. The minimum absolute atomic E-state index is 0.0137. The monoisotopic (exact) mass is 294 g/mol. The van der Waals surface area contributed by atoms with Crippen LogP contribution in [-0.2, 0) is 16.0 Å². The number of carbonyl (C=O) groups is 2. The van der Waals surface area contributed by atoms with Gasteiger partial charge in [-0.1, -0.05) is 6.92 Å². The van der Waals surface area contributed by atoms with Crippen LogP contribution < -0.4 is 5.32 Å². The highest BCUT2D eigenvalue weighted by molar-refractivity contribution is 7.07. The molecule has 2 heterocycles. The zero-order valence-electron chi connectivity index (χ0n) is 12.5. The number of nitrogens with zero attached hydrogens (tertiary/aromatic N) is 1. The number of hydrogen-bond donors (Lipinski definition) is 1. The minimum atomic E-state index is -0.790. The SMILES string of the molecule is CCC1(C)NC(=O)C(C)(C)N(CCc2ccsc2)C1=O. The Labute approximate surface area is 124 Å². The van der Waals surface area contributed by atoms with Crippen LogP contribution in [0.3, 0.4) is 0 Å². The fraction of sp³-hybridized carbons (Fsp3) is 0.600. The third kappa shape index (κ3) is 2.46. The van der Waals surface area contributed by atoms with Crippen LogP contribution in [0.15, 0.2) is 16.8 Å². The predicted molar refractivity (Wildman–Crippen MR) is 80.7 cm³/mol. The highest BCUT2D eigenvalue weighted by Crippen LogP contribution is 2.28. The van der Waals surface area contributed by atoms with Crippen molar-refractivity contribution in [3.8, 4) is 0 Å². The van der Waals surface area contributed by atoms with E-state index in [1.807, 2.05) is 26.2 Å². The molecule has 110 valence electrons. The smallest absolute Gasteiger partial charge is 0.248 e. The molecular formula is C15H22N2O2S. The second-order valence-corrected chi connectivity index (χ2v) is 6.82. The van der Waals surface area contributed by atoms with Crippen LogP contribution in [-0.4, -0.2) is 34.3 Å². The lowest BCUT2D eigenvalue weighted by Crippen LogP contribution is -2.73. The largest absolute Gasteiger partial charge is 0.340 e. The molecule has 5 heteroatoms. The van der Waals surface area contributed by atoms with Gasteiger partial charge >= 0.3 is 0 Å². The van der Waals surface area contributed by atoms with Crippen LogP contribution in [0.1, 0.15) is 39.7 Å². The number of hydrogen-bond acceptors (Lipinski definition) is 3. The summed E-state index contributed by atoms with van der Waals surface area (Å²) in [6, 6.07) is 2.06. The van der Waals surface area contributed by atoms with E-state index in [2.05, 4.69) is 16.8 Å². The van der Waals surface area contributed by atoms with Crippen LogP contribution in [0.5, 0.6) is 0 Å². The van der Waals surface area contributed by atoms with Gasteiger partial charge in [-0.05, 0) is 56.0 Å². The van der Waals surface area contributed by atoms with Gasteiger partial charge in [0, 0.05) is 6.54 Å². The topological polar surface area (TPSA) is 49.4 Å². The van der Waals surface area contributed by atoms with Crippen molar-refractivity contribution < 1.29 is 9.59 Å². The normalized spacial score (nSPS) is 25.7. The van der Waals surface area contributed by atoms with E-state index in [9.17, 15) is 9.59 Å². The molecular weight excluding hydrogens is 272 g/mol. The third-order valence-corrected chi connectivity index (χ3v) is 4.98. The van der Waals surface area contributed by atoms with Gasteiger partial charge in [0.15, 0.2) is 0 Å². The fourth-order valence-electron chi connectivity index (χ4n) is 2.43. The van der Waals surface area contributed by atoms with Crippen LogP contribution in [0.25, 0.3) is 0 Å². The van der Waals surface area contributed by atoms with E-state index < -0.39 is 11.1 Å². The number of piperazine rings is 1. The van der Waals surface area contributed by atoms with Crippen molar-refractivity contribution in [2.45, 2.75) is 51.6 Å². The maximum atomic E-state index is 12.7. The van der Waals surface area contributed by atoms with Crippen LogP contribution >= 0.6 is 11.3 Å². The summed E-state index contributed by atoms with van der Waals surface area (Å²) in [6.07, 6.45) is 1.38. The number of rotatable bonds is 4. The second-order valence-electron chi connectivity index (χ2n) is 6.04. The van der Waals surface area contributed by atoms with Crippen molar-refractivity contribution in [1.82, 2.24) is 10.2 Å². The summed E-state index contributed by atoms with van der Waals surface area (Å²) >= 11 is 1.65. The lowest BCUT2D eigenvalue weighted by molar-refractivity contribution is -0.160. The molecule has 0 aliphatic carbocycles. The second kappa shape index (κ2) is 5.20. The average molecular weight is 294 g/mol. The molecule has 1 aromatic heterocycles. The first-order valence-electron chi connectivity index (χ1n) is 6.97. The zero-order chi connectivity index (χ0) is 15.0. The molecule has 0 aromatic carbocycles. The number of thiophene rings is 1. The number of carbonyl (C=O) groups excluding carboxylic acids is 2. The van der Waals surface area contributed by atoms with Gasteiger partial charge in [-0.25, -0.2) is 0 Å². The van der Waals surface area contributed by atoms with Crippen molar-refractivity contribution >= 4 is 23.2 Å². The lowest BCUT2D eigenvalue weighted by atomic mass is 9.86. The predicted octanol–water partition coefficient (Wildman–Crippen LogP) is 2.20. The van der Waals surface area contributed by atoms with Crippen LogP contribution in [0, 0.1) is 0 Å². The van der Waals surface area contributed by atoms with Crippen LogP contribution in [0.2, 0.25) is 0 Å². The van der Waals surface area contributed by atoms with Crippen LogP contribution in [0.4, 0.5) is 0 Å². The Morgan fingerprint density at radius 3 is 2.55 bits per heavy atom. The lowest BCUT2D eigenvalue weighted by Gasteiger charge is -2.48. The van der Waals surface area contributed by atoms with Gasteiger partial charge in [0.2, 0.25) is 11.8 Å². The van der Waals surface area contributed by atoms with Crippen molar-refractivity contribution in [3.05, 3.63) is 22.4 Å². The Balaban J connectivity index is 2.21. The first kappa shape index (κ1) is 15.0. The van der Waals surface area contributed by atoms with Gasteiger partial charge in [0.1, 0.15) is 11.1 Å². The molecule has 1 N–H and O–H groups in total. The first-order chi connectivity index (χ1) is 9.31. The standard InChI is InChI=1S/C15H22N2O2S/c1-5-15(4)13(19)17(14(2,3)12(18)16-15)8-6-11-7-9-20-10-11/h7,9-10H,5-6,8H2,1-4H3,(H,16,18).